The van der Waals surface area contributed by atoms with Crippen LogP contribution in [0, 0.1) is 17.2 Å². The van der Waals surface area contributed by atoms with Crippen molar-refractivity contribution >= 4 is 5.82 Å². The molecule has 78 valence electrons. The molecular weight excluding hydrogens is 186 g/mol. The lowest BCUT2D eigenvalue weighted by atomic mass is 10.2. The molecule has 1 aromatic rings. The normalized spacial score (nSPS) is 14.7. The summed E-state index contributed by atoms with van der Waals surface area (Å²) in [7, 11) is 2.05. The van der Waals surface area contributed by atoms with Crippen LogP contribution in [0.1, 0.15) is 24.8 Å². The van der Waals surface area contributed by atoms with Crippen molar-refractivity contribution in [3.05, 3.63) is 23.9 Å². The fourth-order valence-electron chi connectivity index (χ4n) is 1.58. The van der Waals surface area contributed by atoms with Crippen LogP contribution in [0.3, 0.4) is 0 Å². The van der Waals surface area contributed by atoms with Crippen molar-refractivity contribution in [1.29, 1.82) is 5.26 Å². The molecule has 0 amide bonds. The van der Waals surface area contributed by atoms with E-state index in [2.05, 4.69) is 23.0 Å². The summed E-state index contributed by atoms with van der Waals surface area (Å²) in [5, 5.41) is 8.65. The molecule has 3 heteroatoms. The van der Waals surface area contributed by atoms with Gasteiger partial charge in [0.25, 0.3) is 0 Å². The average Bonchev–Trinajstić information content (AvgIpc) is 3.10. The average molecular weight is 201 g/mol. The van der Waals surface area contributed by atoms with Gasteiger partial charge in [0.2, 0.25) is 0 Å². The third-order valence-corrected chi connectivity index (χ3v) is 2.84. The van der Waals surface area contributed by atoms with E-state index in [9.17, 15) is 0 Å². The largest absolute Gasteiger partial charge is 0.360 e. The van der Waals surface area contributed by atoms with E-state index in [0.29, 0.717) is 5.56 Å². The molecule has 1 heterocycles. The maximum Gasteiger partial charge on any atom is 0.128 e. The molecule has 0 saturated heterocycles. The Morgan fingerprint density at radius 1 is 1.53 bits per heavy atom. The van der Waals surface area contributed by atoms with Gasteiger partial charge in [-0.2, -0.15) is 5.26 Å². The van der Waals surface area contributed by atoms with Gasteiger partial charge in [0.05, 0.1) is 5.56 Å². The molecular formula is C12H15N3. The Kier molecular flexibility index (Phi) is 2.86. The van der Waals surface area contributed by atoms with Crippen molar-refractivity contribution in [2.24, 2.45) is 5.92 Å². The van der Waals surface area contributed by atoms with Crippen LogP contribution in [-0.4, -0.2) is 18.6 Å². The predicted octanol–water partition coefficient (Wildman–Crippen LogP) is 2.19. The first-order chi connectivity index (χ1) is 7.29. The van der Waals surface area contributed by atoms with Crippen molar-refractivity contribution in [2.75, 3.05) is 18.5 Å². The van der Waals surface area contributed by atoms with E-state index in [1.54, 1.807) is 6.20 Å². The molecule has 15 heavy (non-hydrogen) atoms. The lowest BCUT2D eigenvalue weighted by molar-refractivity contribution is 0.706. The number of rotatable bonds is 4. The van der Waals surface area contributed by atoms with Gasteiger partial charge in [-0.3, -0.25) is 0 Å². The fourth-order valence-corrected chi connectivity index (χ4v) is 1.58. The minimum Gasteiger partial charge on any atom is -0.360 e. The summed E-state index contributed by atoms with van der Waals surface area (Å²) in [6, 6.07) is 5.80. The molecule has 0 bridgehead atoms. The lowest BCUT2D eigenvalue weighted by Crippen LogP contribution is -2.19. The molecule has 1 aliphatic carbocycles. The van der Waals surface area contributed by atoms with Crippen molar-refractivity contribution in [3.8, 4) is 6.07 Å². The molecule has 0 radical (unpaired) electrons. The smallest absolute Gasteiger partial charge is 0.128 e. The second-order valence-electron chi connectivity index (χ2n) is 4.17. The monoisotopic (exact) mass is 201 g/mol. The minimum absolute atomic E-state index is 0.620. The summed E-state index contributed by atoms with van der Waals surface area (Å²) in [5.74, 6) is 1.90. The Balaban J connectivity index is 1.92. The van der Waals surface area contributed by atoms with Gasteiger partial charge in [-0.1, -0.05) is 12.8 Å². The Morgan fingerprint density at radius 3 is 2.87 bits per heavy atom. The Hall–Kier alpha value is -1.56. The van der Waals surface area contributed by atoms with Crippen LogP contribution in [0.25, 0.3) is 0 Å². The number of nitrogens with zero attached hydrogens (tertiary/aromatic N) is 3. The Morgan fingerprint density at radius 2 is 2.33 bits per heavy atom. The second kappa shape index (κ2) is 4.31. The molecule has 2 rings (SSSR count). The molecule has 3 nitrogen and oxygen atoms in total. The highest BCUT2D eigenvalue weighted by Gasteiger charge is 2.21. The summed E-state index contributed by atoms with van der Waals surface area (Å²) in [6.45, 7) is 1.06. The number of hydrogen-bond acceptors (Lipinski definition) is 3. The van der Waals surface area contributed by atoms with Crippen molar-refractivity contribution < 1.29 is 0 Å². The SMILES string of the molecule is CN(CCC1CC1)c1ccc(C#N)cn1. The van der Waals surface area contributed by atoms with Gasteiger partial charge in [-0.05, 0) is 24.5 Å². The van der Waals surface area contributed by atoms with Gasteiger partial charge < -0.3 is 4.90 Å². The summed E-state index contributed by atoms with van der Waals surface area (Å²) < 4.78 is 0. The molecule has 1 fully saturated rings. The van der Waals surface area contributed by atoms with Crippen molar-refractivity contribution in [3.63, 3.8) is 0 Å². The van der Waals surface area contributed by atoms with Gasteiger partial charge in [0.15, 0.2) is 0 Å². The van der Waals surface area contributed by atoms with E-state index in [1.165, 1.54) is 19.3 Å². The zero-order valence-electron chi connectivity index (χ0n) is 8.98. The highest BCUT2D eigenvalue weighted by Crippen LogP contribution is 2.32. The van der Waals surface area contributed by atoms with Crippen molar-refractivity contribution in [2.45, 2.75) is 19.3 Å². The van der Waals surface area contributed by atoms with Crippen LogP contribution in [0.2, 0.25) is 0 Å². The first kappa shape index (κ1) is 9.97. The third-order valence-electron chi connectivity index (χ3n) is 2.84. The van der Waals surface area contributed by atoms with Gasteiger partial charge in [0, 0.05) is 19.8 Å². The maximum atomic E-state index is 8.65. The number of hydrogen-bond donors (Lipinski definition) is 0. The van der Waals surface area contributed by atoms with E-state index in [4.69, 9.17) is 5.26 Å². The van der Waals surface area contributed by atoms with Gasteiger partial charge in [-0.15, -0.1) is 0 Å². The number of anilines is 1. The van der Waals surface area contributed by atoms with Gasteiger partial charge in [-0.25, -0.2) is 4.98 Å². The summed E-state index contributed by atoms with van der Waals surface area (Å²) in [6.07, 6.45) is 5.68. The highest BCUT2D eigenvalue weighted by molar-refractivity contribution is 5.40. The van der Waals surface area contributed by atoms with Crippen LogP contribution in [0.15, 0.2) is 18.3 Å². The Labute approximate surface area is 90.4 Å². The number of aromatic nitrogens is 1. The van der Waals surface area contributed by atoms with E-state index < -0.39 is 0 Å². The zero-order valence-corrected chi connectivity index (χ0v) is 8.98. The van der Waals surface area contributed by atoms with E-state index in [-0.39, 0.29) is 0 Å². The van der Waals surface area contributed by atoms with Crippen molar-refractivity contribution in [1.82, 2.24) is 4.98 Å². The first-order valence-electron chi connectivity index (χ1n) is 5.37. The van der Waals surface area contributed by atoms with E-state index >= 15 is 0 Å². The zero-order chi connectivity index (χ0) is 10.7. The van der Waals surface area contributed by atoms with Crippen LogP contribution in [-0.2, 0) is 0 Å². The molecule has 0 aliphatic heterocycles. The molecule has 0 aromatic carbocycles. The third kappa shape index (κ3) is 2.69. The first-order valence-corrected chi connectivity index (χ1v) is 5.37. The van der Waals surface area contributed by atoms with Gasteiger partial charge >= 0.3 is 0 Å². The highest BCUT2D eigenvalue weighted by atomic mass is 15.2. The molecule has 0 unspecified atom stereocenters. The van der Waals surface area contributed by atoms with Crippen LogP contribution < -0.4 is 4.90 Å². The molecule has 0 spiro atoms. The maximum absolute atomic E-state index is 8.65. The topological polar surface area (TPSA) is 39.9 Å². The Bertz CT molecular complexity index is 359. The van der Waals surface area contributed by atoms with Gasteiger partial charge in [0.1, 0.15) is 11.9 Å². The van der Waals surface area contributed by atoms with E-state index in [1.807, 2.05) is 12.1 Å². The van der Waals surface area contributed by atoms with Crippen LogP contribution in [0.4, 0.5) is 5.82 Å². The van der Waals surface area contributed by atoms with E-state index in [0.717, 1.165) is 18.3 Å². The molecule has 1 saturated carbocycles. The fraction of sp³-hybridized carbons (Fsp3) is 0.500. The summed E-state index contributed by atoms with van der Waals surface area (Å²) >= 11 is 0. The number of pyridine rings is 1. The summed E-state index contributed by atoms with van der Waals surface area (Å²) in [4.78, 5) is 6.40. The molecule has 0 N–H and O–H groups in total. The number of nitriles is 1. The second-order valence-corrected chi connectivity index (χ2v) is 4.17. The van der Waals surface area contributed by atoms with Crippen LogP contribution >= 0.6 is 0 Å². The quantitative estimate of drug-likeness (QED) is 0.749. The molecule has 1 aliphatic rings. The van der Waals surface area contributed by atoms with Crippen LogP contribution in [0.5, 0.6) is 0 Å². The summed E-state index contributed by atoms with van der Waals surface area (Å²) in [5.41, 5.74) is 0.620. The molecule has 0 atom stereocenters. The molecule has 1 aromatic heterocycles. The standard InChI is InChI=1S/C12H15N3/c1-15(7-6-10-2-3-10)12-5-4-11(8-13)9-14-12/h4-5,9-10H,2-3,6-7H2,1H3. The minimum atomic E-state index is 0.620. The predicted molar refractivity (Wildman–Crippen MR) is 59.6 cm³/mol. The lowest BCUT2D eigenvalue weighted by Gasteiger charge is -2.17.